The van der Waals surface area contributed by atoms with Crippen molar-refractivity contribution < 1.29 is 9.18 Å². The molecule has 0 spiro atoms. The predicted molar refractivity (Wildman–Crippen MR) is 126 cm³/mol. The second-order valence-corrected chi connectivity index (χ2v) is 9.80. The van der Waals surface area contributed by atoms with Crippen molar-refractivity contribution in [2.75, 3.05) is 24.7 Å². The molecule has 2 N–H and O–H groups in total. The Balaban J connectivity index is 1.54. The molecule has 0 bridgehead atoms. The number of nitrogens with one attached hydrogen (secondary N) is 2. The van der Waals surface area contributed by atoms with E-state index >= 15 is 0 Å². The highest BCUT2D eigenvalue weighted by Gasteiger charge is 2.24. The van der Waals surface area contributed by atoms with Gasteiger partial charge in [-0.25, -0.2) is 4.98 Å². The Morgan fingerprint density at radius 2 is 2.18 bits per heavy atom. The highest BCUT2D eigenvalue weighted by Crippen LogP contribution is 2.33. The summed E-state index contributed by atoms with van der Waals surface area (Å²) >= 11 is 1.69. The van der Waals surface area contributed by atoms with E-state index in [1.165, 1.54) is 11.2 Å². The summed E-state index contributed by atoms with van der Waals surface area (Å²) in [6, 6.07) is 5.73. The lowest BCUT2D eigenvalue weighted by atomic mass is 9.98. The first-order chi connectivity index (χ1) is 16.0. The van der Waals surface area contributed by atoms with Gasteiger partial charge < -0.3 is 15.2 Å². The zero-order chi connectivity index (χ0) is 22.9. The van der Waals surface area contributed by atoms with Crippen molar-refractivity contribution in [3.8, 4) is 10.6 Å². The number of pyridine rings is 1. The van der Waals surface area contributed by atoms with Crippen molar-refractivity contribution in [2.24, 2.45) is 5.92 Å². The van der Waals surface area contributed by atoms with Crippen molar-refractivity contribution in [1.82, 2.24) is 29.9 Å². The Morgan fingerprint density at radius 3 is 2.85 bits per heavy atom. The van der Waals surface area contributed by atoms with E-state index in [1.807, 2.05) is 29.8 Å². The number of halogens is 1. The SMILES string of the molecule is Cc1ccc(-c2cnc3c(N4CCC(CF)CC4)cc(C(=O)NC(C)c4nnc[nH]4)cn23)s1. The summed E-state index contributed by atoms with van der Waals surface area (Å²) in [5.41, 5.74) is 3.17. The second kappa shape index (κ2) is 8.93. The molecule has 0 aliphatic carbocycles. The molecule has 1 fully saturated rings. The third-order valence-electron chi connectivity index (χ3n) is 6.21. The van der Waals surface area contributed by atoms with Gasteiger partial charge in [-0.05, 0) is 50.8 Å². The van der Waals surface area contributed by atoms with Gasteiger partial charge in [-0.1, -0.05) is 0 Å². The number of hydrogen-bond acceptors (Lipinski definition) is 6. The minimum Gasteiger partial charge on any atom is -0.368 e. The van der Waals surface area contributed by atoms with E-state index < -0.39 is 0 Å². The fraction of sp³-hybridized carbons (Fsp3) is 0.391. The molecule has 1 atom stereocenters. The number of nitrogens with zero attached hydrogens (tertiary/aromatic N) is 5. The highest BCUT2D eigenvalue weighted by atomic mass is 32.1. The summed E-state index contributed by atoms with van der Waals surface area (Å²) in [5.74, 6) is 0.494. The number of carbonyl (C=O) groups is 1. The number of imidazole rings is 1. The Labute approximate surface area is 194 Å². The quantitative estimate of drug-likeness (QED) is 0.444. The smallest absolute Gasteiger partial charge is 0.253 e. The van der Waals surface area contributed by atoms with Crippen molar-refractivity contribution in [3.05, 3.63) is 53.2 Å². The summed E-state index contributed by atoms with van der Waals surface area (Å²) < 4.78 is 15.2. The van der Waals surface area contributed by atoms with E-state index in [-0.39, 0.29) is 24.5 Å². The molecule has 0 radical (unpaired) electrons. The lowest BCUT2D eigenvalue weighted by Gasteiger charge is -2.33. The topological polar surface area (TPSA) is 91.2 Å². The Hall–Kier alpha value is -3.27. The van der Waals surface area contributed by atoms with Crippen LogP contribution in [0.15, 0.2) is 36.9 Å². The van der Waals surface area contributed by atoms with Crippen LogP contribution >= 0.6 is 11.3 Å². The first-order valence-electron chi connectivity index (χ1n) is 11.1. The van der Waals surface area contributed by atoms with Crippen LogP contribution in [-0.2, 0) is 0 Å². The number of rotatable bonds is 6. The van der Waals surface area contributed by atoms with Crippen LogP contribution in [0, 0.1) is 12.8 Å². The van der Waals surface area contributed by atoms with Crippen LogP contribution in [0.3, 0.4) is 0 Å². The van der Waals surface area contributed by atoms with Crippen LogP contribution < -0.4 is 10.2 Å². The summed E-state index contributed by atoms with van der Waals surface area (Å²) in [7, 11) is 0. The zero-order valence-electron chi connectivity index (χ0n) is 18.6. The first kappa shape index (κ1) is 21.6. The molecule has 0 aromatic carbocycles. The van der Waals surface area contributed by atoms with Crippen LogP contribution in [0.2, 0.25) is 0 Å². The first-order valence-corrected chi connectivity index (χ1v) is 11.9. The normalized spacial score (nSPS) is 15.8. The Bertz CT molecular complexity index is 1260. The number of carbonyl (C=O) groups excluding carboxylic acids is 1. The van der Waals surface area contributed by atoms with E-state index in [0.717, 1.165) is 47.8 Å². The number of piperidine rings is 1. The van der Waals surface area contributed by atoms with Gasteiger partial charge in [0.2, 0.25) is 0 Å². The maximum atomic E-state index is 13.2. The molecule has 1 aliphatic heterocycles. The number of alkyl halides is 1. The van der Waals surface area contributed by atoms with E-state index in [9.17, 15) is 9.18 Å². The number of aryl methyl sites for hydroxylation is 1. The van der Waals surface area contributed by atoms with Gasteiger partial charge in [0.15, 0.2) is 11.5 Å². The van der Waals surface area contributed by atoms with E-state index in [1.54, 1.807) is 11.3 Å². The van der Waals surface area contributed by atoms with Gasteiger partial charge in [0, 0.05) is 24.2 Å². The fourth-order valence-corrected chi connectivity index (χ4v) is 5.16. The molecule has 8 nitrogen and oxygen atoms in total. The molecule has 5 heterocycles. The molecular formula is C23H26FN7OS. The number of H-pyrrole nitrogens is 1. The van der Waals surface area contributed by atoms with Crippen LogP contribution in [-0.4, -0.2) is 50.2 Å². The van der Waals surface area contributed by atoms with Crippen molar-refractivity contribution in [3.63, 3.8) is 0 Å². The van der Waals surface area contributed by atoms with Gasteiger partial charge in [-0.15, -0.1) is 21.5 Å². The summed E-state index contributed by atoms with van der Waals surface area (Å²) in [4.78, 5) is 25.4. The number of thiophene rings is 1. The van der Waals surface area contributed by atoms with Crippen molar-refractivity contribution in [2.45, 2.75) is 32.7 Å². The highest BCUT2D eigenvalue weighted by molar-refractivity contribution is 7.15. The lowest BCUT2D eigenvalue weighted by Crippen LogP contribution is -2.35. The maximum absolute atomic E-state index is 13.2. The number of anilines is 1. The molecule has 10 heteroatoms. The standard InChI is InChI=1S/C23H26FN7OS/c1-14-3-4-20(33-14)19-11-25-22-18(30-7-5-16(10-24)6-8-30)9-17(12-31(19)22)23(32)28-15(2)21-26-13-27-29-21/h3-4,9,11-13,15-16H,5-8,10H2,1-2H3,(H,28,32)(H,26,27,29). The number of fused-ring (bicyclic) bond motifs is 1. The Kier molecular flexibility index (Phi) is 5.84. The molecule has 1 aliphatic rings. The molecule has 5 rings (SSSR count). The molecule has 33 heavy (non-hydrogen) atoms. The molecule has 1 unspecified atom stereocenters. The van der Waals surface area contributed by atoms with Gasteiger partial charge in [-0.3, -0.25) is 13.6 Å². The molecule has 4 aromatic heterocycles. The fourth-order valence-electron chi connectivity index (χ4n) is 4.28. The van der Waals surface area contributed by atoms with Crippen molar-refractivity contribution >= 4 is 28.6 Å². The van der Waals surface area contributed by atoms with Crippen molar-refractivity contribution in [1.29, 1.82) is 0 Å². The van der Waals surface area contributed by atoms with Gasteiger partial charge in [-0.2, -0.15) is 0 Å². The largest absolute Gasteiger partial charge is 0.368 e. The van der Waals surface area contributed by atoms with Crippen LogP contribution in [0.25, 0.3) is 16.2 Å². The second-order valence-electron chi connectivity index (χ2n) is 8.52. The molecule has 0 saturated carbocycles. The van der Waals surface area contributed by atoms with Gasteiger partial charge in [0.1, 0.15) is 6.33 Å². The molecule has 1 saturated heterocycles. The molecule has 4 aromatic rings. The molecule has 172 valence electrons. The number of hydrogen-bond donors (Lipinski definition) is 2. The number of aromatic nitrogens is 5. The van der Waals surface area contributed by atoms with Crippen LogP contribution in [0.5, 0.6) is 0 Å². The zero-order valence-corrected chi connectivity index (χ0v) is 19.4. The summed E-state index contributed by atoms with van der Waals surface area (Å²) in [5, 5.41) is 10.8. The third kappa shape index (κ3) is 4.22. The summed E-state index contributed by atoms with van der Waals surface area (Å²) in [6.07, 6.45) is 6.77. The van der Waals surface area contributed by atoms with Crippen LogP contribution in [0.1, 0.15) is 46.9 Å². The number of aromatic amines is 1. The molecule has 1 amide bonds. The summed E-state index contributed by atoms with van der Waals surface area (Å²) in [6.45, 7) is 5.13. The predicted octanol–water partition coefficient (Wildman–Crippen LogP) is 4.17. The van der Waals surface area contributed by atoms with E-state index in [4.69, 9.17) is 4.98 Å². The average Bonchev–Trinajstić information content (AvgIpc) is 3.59. The maximum Gasteiger partial charge on any atom is 0.253 e. The minimum absolute atomic E-state index is 0.107. The minimum atomic E-state index is -0.318. The molecular weight excluding hydrogens is 441 g/mol. The van der Waals surface area contributed by atoms with E-state index in [2.05, 4.69) is 44.5 Å². The van der Waals surface area contributed by atoms with E-state index in [0.29, 0.717) is 11.4 Å². The van der Waals surface area contributed by atoms with Gasteiger partial charge in [0.25, 0.3) is 5.91 Å². The van der Waals surface area contributed by atoms with Gasteiger partial charge in [0.05, 0.1) is 40.7 Å². The van der Waals surface area contributed by atoms with Gasteiger partial charge >= 0.3 is 0 Å². The average molecular weight is 468 g/mol. The third-order valence-corrected chi connectivity index (χ3v) is 7.23. The Morgan fingerprint density at radius 1 is 1.36 bits per heavy atom. The number of amides is 1. The van der Waals surface area contributed by atoms with Crippen LogP contribution in [0.4, 0.5) is 10.1 Å². The lowest BCUT2D eigenvalue weighted by molar-refractivity contribution is 0.0938. The monoisotopic (exact) mass is 467 g/mol.